The van der Waals surface area contributed by atoms with E-state index in [-0.39, 0.29) is 16.6 Å². The topological polar surface area (TPSA) is 57.5 Å². The predicted molar refractivity (Wildman–Crippen MR) is 194 cm³/mol. The van der Waals surface area contributed by atoms with E-state index in [4.69, 9.17) is 0 Å². The van der Waals surface area contributed by atoms with Crippen molar-refractivity contribution < 1.29 is 15.0 Å². The Balaban J connectivity index is 1.97. The van der Waals surface area contributed by atoms with Crippen molar-refractivity contribution >= 4 is 5.78 Å². The molecule has 0 heterocycles. The lowest BCUT2D eigenvalue weighted by Gasteiger charge is -2.37. The normalized spacial score (nSPS) is 25.2. The molecule has 0 aromatic carbocycles. The van der Waals surface area contributed by atoms with Crippen LogP contribution in [0.1, 0.15) is 89.0 Å². The number of carbonyl (C=O) groups is 1. The Morgan fingerprint density at radius 1 is 0.622 bits per heavy atom. The Labute approximate surface area is 273 Å². The largest absolute Gasteiger partial charge is 0.388 e. The Morgan fingerprint density at radius 2 is 1.00 bits per heavy atom. The van der Waals surface area contributed by atoms with Crippen LogP contribution < -0.4 is 0 Å². The first-order valence-electron chi connectivity index (χ1n) is 16.1. The number of allylic oxidation sites excluding steroid dienone is 21. The van der Waals surface area contributed by atoms with Gasteiger partial charge in [-0.15, -0.1) is 0 Å². The minimum Gasteiger partial charge on any atom is -0.388 e. The fourth-order valence-corrected chi connectivity index (χ4v) is 6.07. The molecule has 0 aromatic heterocycles. The van der Waals surface area contributed by atoms with Crippen LogP contribution in [0.25, 0.3) is 0 Å². The molecule has 45 heavy (non-hydrogen) atoms. The summed E-state index contributed by atoms with van der Waals surface area (Å²) in [6.07, 6.45) is 31.1. The highest BCUT2D eigenvalue weighted by Crippen LogP contribution is 2.43. The number of carbonyl (C=O) groups excluding carboxylic acids is 1. The molecule has 0 bridgehead atoms. The second kappa shape index (κ2) is 16.7. The number of hydrogen-bond donors (Lipinski definition) is 2. The molecule has 2 rings (SSSR count). The van der Waals surface area contributed by atoms with E-state index in [2.05, 4.69) is 110 Å². The summed E-state index contributed by atoms with van der Waals surface area (Å²) < 4.78 is 0. The first kappa shape index (κ1) is 37.7. The van der Waals surface area contributed by atoms with Gasteiger partial charge in [0.2, 0.25) is 0 Å². The first-order chi connectivity index (χ1) is 21.0. The summed E-state index contributed by atoms with van der Waals surface area (Å²) >= 11 is 0. The maximum Gasteiger partial charge on any atom is 0.187 e. The summed E-state index contributed by atoms with van der Waals surface area (Å²) in [5.41, 5.74) is 9.40. The average Bonchev–Trinajstić information content (AvgIpc) is 2.93. The third-order valence-electron chi connectivity index (χ3n) is 8.74. The minimum atomic E-state index is -0.900. The van der Waals surface area contributed by atoms with E-state index < -0.39 is 12.2 Å². The second-order valence-electron chi connectivity index (χ2n) is 13.8. The van der Waals surface area contributed by atoms with Crippen LogP contribution in [0.3, 0.4) is 0 Å². The van der Waals surface area contributed by atoms with E-state index in [1.807, 2.05) is 57.2 Å². The predicted octanol–water partition coefficient (Wildman–Crippen LogP) is 10.3. The lowest BCUT2D eigenvalue weighted by atomic mass is 9.69. The Bertz CT molecular complexity index is 1480. The van der Waals surface area contributed by atoms with Gasteiger partial charge in [0.25, 0.3) is 0 Å². The van der Waals surface area contributed by atoms with Crippen LogP contribution in [0.15, 0.2) is 141 Å². The van der Waals surface area contributed by atoms with Crippen molar-refractivity contribution in [3.05, 3.63) is 141 Å². The molecule has 2 aliphatic rings. The molecule has 2 atom stereocenters. The molecular weight excluding hydrogens is 552 g/mol. The van der Waals surface area contributed by atoms with Crippen molar-refractivity contribution in [2.75, 3.05) is 0 Å². The lowest BCUT2D eigenvalue weighted by Crippen LogP contribution is -2.35. The number of aliphatic hydroxyl groups is 2. The van der Waals surface area contributed by atoms with Gasteiger partial charge in [0, 0.05) is 0 Å². The van der Waals surface area contributed by atoms with Crippen molar-refractivity contribution in [2.45, 2.75) is 101 Å². The van der Waals surface area contributed by atoms with Gasteiger partial charge in [-0.1, -0.05) is 141 Å². The number of ketones is 1. The van der Waals surface area contributed by atoms with E-state index in [0.717, 1.165) is 34.3 Å². The molecule has 242 valence electrons. The van der Waals surface area contributed by atoms with Gasteiger partial charge in [0.1, 0.15) is 6.10 Å². The molecular formula is C42H56O3. The highest BCUT2D eigenvalue weighted by Gasteiger charge is 2.36. The maximum absolute atomic E-state index is 12.2. The van der Waals surface area contributed by atoms with Crippen molar-refractivity contribution in [3.63, 3.8) is 0 Å². The van der Waals surface area contributed by atoms with E-state index in [1.54, 1.807) is 0 Å². The van der Waals surface area contributed by atoms with Crippen LogP contribution in [-0.4, -0.2) is 28.2 Å². The fraction of sp³-hybridized carbons (Fsp3) is 0.405. The van der Waals surface area contributed by atoms with Crippen LogP contribution in [0.4, 0.5) is 0 Å². The summed E-state index contributed by atoms with van der Waals surface area (Å²) in [5, 5.41) is 20.5. The molecule has 0 radical (unpaired) electrons. The molecule has 0 fully saturated rings. The van der Waals surface area contributed by atoms with Gasteiger partial charge in [-0.05, 0) is 100 Å². The standard InChI is InChI=1S/C42H56O3/c1-12-35-33(6)36(41(8,9)27-38(35)43)25-23-31(4)21-15-19-29(2)17-13-14-18-30(3)20-16-22-32(5)24-26-37-34(7)40(45)39(44)28-42(37,10)11/h12-26,38-39,43-44H,27-28H2,1-11H3/b14-13+,19-15+,20-16+,25-23+,26-24+,29-17+,30-18+,31-21+,32-22+,35-12-. The van der Waals surface area contributed by atoms with E-state index in [9.17, 15) is 15.0 Å². The number of aliphatic hydroxyl groups excluding tert-OH is 2. The number of Topliss-reactive ketones (excluding diaryl/α,β-unsaturated/α-hetero) is 1. The minimum absolute atomic E-state index is 0.0661. The molecule has 0 amide bonds. The van der Waals surface area contributed by atoms with E-state index in [1.165, 1.54) is 16.7 Å². The van der Waals surface area contributed by atoms with E-state index >= 15 is 0 Å². The molecule has 3 nitrogen and oxygen atoms in total. The summed E-state index contributed by atoms with van der Waals surface area (Å²) in [7, 11) is 0. The zero-order valence-electron chi connectivity index (χ0n) is 29.5. The van der Waals surface area contributed by atoms with Crippen molar-refractivity contribution in [3.8, 4) is 0 Å². The van der Waals surface area contributed by atoms with Crippen molar-refractivity contribution in [2.24, 2.45) is 10.8 Å². The third-order valence-corrected chi connectivity index (χ3v) is 8.74. The van der Waals surface area contributed by atoms with Gasteiger partial charge in [0.05, 0.1) is 6.10 Å². The zero-order valence-corrected chi connectivity index (χ0v) is 29.5. The van der Waals surface area contributed by atoms with Gasteiger partial charge in [-0.3, -0.25) is 4.79 Å². The third kappa shape index (κ3) is 11.1. The van der Waals surface area contributed by atoms with Gasteiger partial charge < -0.3 is 10.2 Å². The summed E-state index contributed by atoms with van der Waals surface area (Å²) in [5.74, 6) is -0.167. The Kier molecular flexibility index (Phi) is 14.0. The molecule has 0 aliphatic heterocycles. The molecule has 0 spiro atoms. The van der Waals surface area contributed by atoms with Gasteiger partial charge >= 0.3 is 0 Å². The first-order valence-corrected chi connectivity index (χ1v) is 16.1. The molecule has 3 heteroatoms. The molecule has 0 saturated heterocycles. The molecule has 2 N–H and O–H groups in total. The van der Waals surface area contributed by atoms with Crippen LogP contribution in [0.2, 0.25) is 0 Å². The quantitative estimate of drug-likeness (QED) is 0.243. The molecule has 0 aromatic rings. The van der Waals surface area contributed by atoms with Gasteiger partial charge in [-0.2, -0.15) is 0 Å². The summed E-state index contributed by atoms with van der Waals surface area (Å²) in [6.45, 7) is 22.8. The van der Waals surface area contributed by atoms with Crippen molar-refractivity contribution in [1.82, 2.24) is 0 Å². The second-order valence-corrected chi connectivity index (χ2v) is 13.8. The summed E-state index contributed by atoms with van der Waals surface area (Å²) in [4.78, 5) is 12.2. The monoisotopic (exact) mass is 608 g/mol. The highest BCUT2D eigenvalue weighted by molar-refractivity contribution is 6.00. The smallest absolute Gasteiger partial charge is 0.187 e. The number of rotatable bonds is 10. The Hall–Kier alpha value is -3.53. The van der Waals surface area contributed by atoms with Crippen LogP contribution >= 0.6 is 0 Å². The molecule has 2 aliphatic carbocycles. The highest BCUT2D eigenvalue weighted by atomic mass is 16.3. The Morgan fingerprint density at radius 3 is 1.44 bits per heavy atom. The zero-order chi connectivity index (χ0) is 33.9. The fourth-order valence-electron chi connectivity index (χ4n) is 6.07. The maximum atomic E-state index is 12.2. The van der Waals surface area contributed by atoms with E-state index in [0.29, 0.717) is 12.0 Å². The van der Waals surface area contributed by atoms with Crippen molar-refractivity contribution in [1.29, 1.82) is 0 Å². The lowest BCUT2D eigenvalue weighted by molar-refractivity contribution is -0.125. The average molecular weight is 609 g/mol. The molecule has 2 unspecified atom stereocenters. The van der Waals surface area contributed by atoms with Crippen LogP contribution in [0, 0.1) is 10.8 Å². The van der Waals surface area contributed by atoms with Gasteiger partial charge in [-0.25, -0.2) is 0 Å². The summed E-state index contributed by atoms with van der Waals surface area (Å²) in [6, 6.07) is 0. The number of hydrogen-bond acceptors (Lipinski definition) is 3. The van der Waals surface area contributed by atoms with Crippen LogP contribution in [-0.2, 0) is 4.79 Å². The van der Waals surface area contributed by atoms with Crippen LogP contribution in [0.5, 0.6) is 0 Å². The SMILES string of the molecule is C/C=C1C(C)=C(/C=C/C(C)=C/C=C/C(C)=C/C=C/C=C(C)/C=C/C=C(C)/C=C/C2=C(C)C(=O)C(O)CC2(C)C)C(C)(C)CC/1O. The molecule has 0 saturated carbocycles. The van der Waals surface area contributed by atoms with Gasteiger partial charge in [0.15, 0.2) is 5.78 Å².